The third-order valence-electron chi connectivity index (χ3n) is 3.28. The maximum Gasteiger partial charge on any atom is 0.306 e. The van der Waals surface area contributed by atoms with Crippen molar-refractivity contribution in [1.29, 1.82) is 0 Å². The molecular weight excluding hydrogens is 188 g/mol. The minimum Gasteiger partial charge on any atom is -0.481 e. The molecule has 82 valence electrons. The summed E-state index contributed by atoms with van der Waals surface area (Å²) in [5.74, 6) is -1.02. The zero-order chi connectivity index (χ0) is 11.6. The summed E-state index contributed by atoms with van der Waals surface area (Å²) >= 11 is 0. The van der Waals surface area contributed by atoms with Gasteiger partial charge in [0.2, 0.25) is 0 Å². The molecule has 0 spiro atoms. The van der Waals surface area contributed by atoms with Gasteiger partial charge in [-0.15, -0.1) is 0 Å². The molecule has 0 aliphatic rings. The number of carbonyl (C=O) groups is 1. The molecule has 0 aliphatic carbocycles. The van der Waals surface area contributed by atoms with Gasteiger partial charge in [-0.3, -0.25) is 4.79 Å². The third-order valence-corrected chi connectivity index (χ3v) is 3.28. The number of hydrogen-bond donors (Lipinski definition) is 1. The highest BCUT2D eigenvalue weighted by molar-refractivity contribution is 5.71. The lowest BCUT2D eigenvalue weighted by Crippen LogP contribution is -2.17. The van der Waals surface area contributed by atoms with Gasteiger partial charge in [0.25, 0.3) is 0 Å². The second kappa shape index (κ2) is 4.47. The van der Waals surface area contributed by atoms with E-state index in [2.05, 4.69) is 19.9 Å². The van der Waals surface area contributed by atoms with E-state index >= 15 is 0 Å². The molecule has 0 amide bonds. The van der Waals surface area contributed by atoms with Gasteiger partial charge in [0.15, 0.2) is 0 Å². The first kappa shape index (κ1) is 11.8. The van der Waals surface area contributed by atoms with Crippen molar-refractivity contribution in [1.82, 2.24) is 0 Å². The fraction of sp³-hybridized carbons (Fsp3) is 0.462. The van der Waals surface area contributed by atoms with Gasteiger partial charge < -0.3 is 5.11 Å². The largest absolute Gasteiger partial charge is 0.481 e. The quantitative estimate of drug-likeness (QED) is 0.825. The van der Waals surface area contributed by atoms with Gasteiger partial charge in [-0.25, -0.2) is 0 Å². The topological polar surface area (TPSA) is 37.3 Å². The van der Waals surface area contributed by atoms with Crippen LogP contribution < -0.4 is 0 Å². The highest BCUT2D eigenvalue weighted by atomic mass is 16.4. The molecule has 0 saturated heterocycles. The molecule has 1 aromatic carbocycles. The summed E-state index contributed by atoms with van der Waals surface area (Å²) in [6.45, 7) is 7.84. The van der Waals surface area contributed by atoms with Crippen LogP contribution in [0.1, 0.15) is 36.5 Å². The van der Waals surface area contributed by atoms with Crippen LogP contribution in [0, 0.1) is 19.8 Å². The SMILES string of the molecule is Cc1cccc(C(C)C(C)C(=O)O)c1C. The van der Waals surface area contributed by atoms with E-state index in [1.807, 2.05) is 19.1 Å². The molecule has 1 N–H and O–H groups in total. The molecular formula is C13H18O2. The maximum atomic E-state index is 10.9. The van der Waals surface area contributed by atoms with Crippen LogP contribution in [0.2, 0.25) is 0 Å². The van der Waals surface area contributed by atoms with E-state index < -0.39 is 5.97 Å². The minimum absolute atomic E-state index is 0.0578. The average molecular weight is 206 g/mol. The van der Waals surface area contributed by atoms with E-state index in [0.29, 0.717) is 0 Å². The zero-order valence-electron chi connectivity index (χ0n) is 9.74. The number of rotatable bonds is 3. The molecule has 0 aromatic heterocycles. The lowest BCUT2D eigenvalue weighted by atomic mass is 9.85. The molecule has 2 nitrogen and oxygen atoms in total. The fourth-order valence-corrected chi connectivity index (χ4v) is 1.75. The van der Waals surface area contributed by atoms with Gasteiger partial charge in [-0.1, -0.05) is 32.0 Å². The molecule has 0 fully saturated rings. The normalized spacial score (nSPS) is 14.7. The van der Waals surface area contributed by atoms with E-state index in [4.69, 9.17) is 5.11 Å². The highest BCUT2D eigenvalue weighted by Crippen LogP contribution is 2.28. The minimum atomic E-state index is -0.733. The molecule has 0 saturated carbocycles. The summed E-state index contributed by atoms with van der Waals surface area (Å²) in [6.07, 6.45) is 0. The Morgan fingerprint density at radius 1 is 1.27 bits per heavy atom. The predicted octanol–water partition coefficient (Wildman–Crippen LogP) is 3.13. The first-order valence-corrected chi connectivity index (χ1v) is 5.24. The second-order valence-electron chi connectivity index (χ2n) is 4.20. The molecule has 2 unspecified atom stereocenters. The lowest BCUT2D eigenvalue weighted by molar-refractivity contribution is -0.141. The fourth-order valence-electron chi connectivity index (χ4n) is 1.75. The van der Waals surface area contributed by atoms with Crippen LogP contribution in [0.25, 0.3) is 0 Å². The van der Waals surface area contributed by atoms with Gasteiger partial charge >= 0.3 is 5.97 Å². The maximum absolute atomic E-state index is 10.9. The van der Waals surface area contributed by atoms with Crippen molar-refractivity contribution < 1.29 is 9.90 Å². The molecule has 0 radical (unpaired) electrons. The Bertz CT molecular complexity index is 369. The Hall–Kier alpha value is -1.31. The Morgan fingerprint density at radius 2 is 1.87 bits per heavy atom. The Balaban J connectivity index is 3.06. The van der Waals surface area contributed by atoms with Crippen LogP contribution in [-0.4, -0.2) is 11.1 Å². The number of aryl methyl sites for hydroxylation is 1. The molecule has 1 aromatic rings. The Labute approximate surface area is 90.9 Å². The van der Waals surface area contributed by atoms with Crippen molar-refractivity contribution in [3.8, 4) is 0 Å². The smallest absolute Gasteiger partial charge is 0.306 e. The van der Waals surface area contributed by atoms with Gasteiger partial charge in [0, 0.05) is 0 Å². The molecule has 2 heteroatoms. The summed E-state index contributed by atoms with van der Waals surface area (Å²) in [5.41, 5.74) is 3.57. The summed E-state index contributed by atoms with van der Waals surface area (Å²) in [7, 11) is 0. The van der Waals surface area contributed by atoms with Crippen LogP contribution in [0.3, 0.4) is 0 Å². The number of benzene rings is 1. The zero-order valence-corrected chi connectivity index (χ0v) is 9.74. The van der Waals surface area contributed by atoms with E-state index in [0.717, 1.165) is 5.56 Å². The van der Waals surface area contributed by atoms with Crippen molar-refractivity contribution in [2.45, 2.75) is 33.6 Å². The third kappa shape index (κ3) is 2.38. The summed E-state index contributed by atoms with van der Waals surface area (Å²) in [4.78, 5) is 10.9. The van der Waals surface area contributed by atoms with Gasteiger partial charge in [0.1, 0.15) is 0 Å². The number of carboxylic acid groups (broad SMARTS) is 1. The molecule has 0 heterocycles. The molecule has 1 rings (SSSR count). The molecule has 2 atom stereocenters. The summed E-state index contributed by atoms with van der Waals surface area (Å²) in [5, 5.41) is 8.97. The van der Waals surface area contributed by atoms with Crippen LogP contribution in [0.15, 0.2) is 18.2 Å². The van der Waals surface area contributed by atoms with Crippen molar-refractivity contribution in [2.75, 3.05) is 0 Å². The van der Waals surface area contributed by atoms with Gasteiger partial charge in [-0.05, 0) is 36.5 Å². The lowest BCUT2D eigenvalue weighted by Gasteiger charge is -2.19. The van der Waals surface area contributed by atoms with Crippen LogP contribution >= 0.6 is 0 Å². The van der Waals surface area contributed by atoms with E-state index in [9.17, 15) is 4.79 Å². The van der Waals surface area contributed by atoms with Gasteiger partial charge in [0.05, 0.1) is 5.92 Å². The Kier molecular flexibility index (Phi) is 3.51. The average Bonchev–Trinajstić information content (AvgIpc) is 2.20. The first-order chi connectivity index (χ1) is 6.95. The standard InChI is InChI=1S/C13H18O2/c1-8-6-5-7-12(9(8)2)10(3)11(4)13(14)15/h5-7,10-11H,1-4H3,(H,14,15). The Morgan fingerprint density at radius 3 is 2.40 bits per heavy atom. The summed E-state index contributed by atoms with van der Waals surface area (Å²) in [6, 6.07) is 6.06. The second-order valence-corrected chi connectivity index (χ2v) is 4.20. The number of aliphatic carboxylic acids is 1. The van der Waals surface area contributed by atoms with E-state index in [-0.39, 0.29) is 11.8 Å². The van der Waals surface area contributed by atoms with E-state index in [1.54, 1.807) is 6.92 Å². The first-order valence-electron chi connectivity index (χ1n) is 5.24. The monoisotopic (exact) mass is 206 g/mol. The van der Waals surface area contributed by atoms with Crippen LogP contribution in [-0.2, 0) is 4.79 Å². The highest BCUT2D eigenvalue weighted by Gasteiger charge is 2.22. The van der Waals surface area contributed by atoms with Crippen molar-refractivity contribution in [2.24, 2.45) is 5.92 Å². The summed E-state index contributed by atoms with van der Waals surface area (Å²) < 4.78 is 0. The van der Waals surface area contributed by atoms with Crippen molar-refractivity contribution in [3.05, 3.63) is 34.9 Å². The van der Waals surface area contributed by atoms with Crippen molar-refractivity contribution >= 4 is 5.97 Å². The molecule has 15 heavy (non-hydrogen) atoms. The van der Waals surface area contributed by atoms with Crippen molar-refractivity contribution in [3.63, 3.8) is 0 Å². The van der Waals surface area contributed by atoms with Crippen LogP contribution in [0.4, 0.5) is 0 Å². The van der Waals surface area contributed by atoms with Gasteiger partial charge in [-0.2, -0.15) is 0 Å². The molecule has 0 aliphatic heterocycles. The van der Waals surface area contributed by atoms with E-state index in [1.165, 1.54) is 11.1 Å². The number of carboxylic acids is 1. The molecule has 0 bridgehead atoms. The van der Waals surface area contributed by atoms with Crippen LogP contribution in [0.5, 0.6) is 0 Å². The number of hydrogen-bond acceptors (Lipinski definition) is 1. The predicted molar refractivity (Wildman–Crippen MR) is 61.1 cm³/mol.